The van der Waals surface area contributed by atoms with Gasteiger partial charge in [0.2, 0.25) is 0 Å². The van der Waals surface area contributed by atoms with E-state index in [0.29, 0.717) is 0 Å². The van der Waals surface area contributed by atoms with Gasteiger partial charge in [0, 0.05) is 0 Å². The molecule has 3 heteroatoms. The molecule has 1 aromatic carbocycles. The molecular formula is C8H10N2O. The molecule has 0 aliphatic heterocycles. The van der Waals surface area contributed by atoms with Crippen LogP contribution in [0.2, 0.25) is 0 Å². The number of hydroxylamine groups is 1. The summed E-state index contributed by atoms with van der Waals surface area (Å²) in [4.78, 5) is 8.60. The molecule has 1 aromatic rings. The molecule has 0 radical (unpaired) electrons. The lowest BCUT2D eigenvalue weighted by Crippen LogP contribution is -2.06. The van der Waals surface area contributed by atoms with Gasteiger partial charge in [0.25, 0.3) is 0 Å². The number of rotatable bonds is 3. The number of hydrogen-bond acceptors (Lipinski definition) is 2. The summed E-state index contributed by atoms with van der Waals surface area (Å²) in [7, 11) is 1.54. The monoisotopic (exact) mass is 150 g/mol. The molecule has 0 fully saturated rings. The van der Waals surface area contributed by atoms with Crippen molar-refractivity contribution in [3.05, 3.63) is 30.3 Å². The SMILES string of the molecule is CONC=Nc1ccccc1. The minimum absolute atomic E-state index is 0.900. The maximum atomic E-state index is 4.56. The van der Waals surface area contributed by atoms with Crippen LogP contribution in [0.3, 0.4) is 0 Å². The van der Waals surface area contributed by atoms with Gasteiger partial charge in [-0.1, -0.05) is 18.2 Å². The first-order valence-electron chi connectivity index (χ1n) is 3.29. The lowest BCUT2D eigenvalue weighted by molar-refractivity contribution is 0.148. The summed E-state index contributed by atoms with van der Waals surface area (Å²) in [5.74, 6) is 0. The fraction of sp³-hybridized carbons (Fsp3) is 0.125. The second kappa shape index (κ2) is 4.46. The Bertz CT molecular complexity index is 221. The fourth-order valence-corrected chi connectivity index (χ4v) is 0.668. The Balaban J connectivity index is 2.50. The van der Waals surface area contributed by atoms with Gasteiger partial charge in [-0.2, -0.15) is 0 Å². The smallest absolute Gasteiger partial charge is 0.113 e. The van der Waals surface area contributed by atoms with Crippen molar-refractivity contribution in [2.45, 2.75) is 0 Å². The third-order valence-corrected chi connectivity index (χ3v) is 1.14. The van der Waals surface area contributed by atoms with Crippen molar-refractivity contribution < 1.29 is 4.84 Å². The van der Waals surface area contributed by atoms with Crippen molar-refractivity contribution in [3.63, 3.8) is 0 Å². The average Bonchev–Trinajstić information content (AvgIpc) is 2.07. The first-order valence-corrected chi connectivity index (χ1v) is 3.29. The average molecular weight is 150 g/mol. The molecule has 3 nitrogen and oxygen atoms in total. The molecule has 0 aromatic heterocycles. The fourth-order valence-electron chi connectivity index (χ4n) is 0.668. The largest absolute Gasteiger partial charge is 0.279 e. The Hall–Kier alpha value is -1.35. The van der Waals surface area contributed by atoms with Crippen molar-refractivity contribution in [1.82, 2.24) is 5.48 Å². The predicted octanol–water partition coefficient (Wildman–Crippen LogP) is 1.50. The summed E-state index contributed by atoms with van der Waals surface area (Å²) < 4.78 is 0. The summed E-state index contributed by atoms with van der Waals surface area (Å²) >= 11 is 0. The van der Waals surface area contributed by atoms with Crippen LogP contribution in [0, 0.1) is 0 Å². The molecule has 0 aliphatic rings. The summed E-state index contributed by atoms with van der Waals surface area (Å²) in [5.41, 5.74) is 3.41. The van der Waals surface area contributed by atoms with Crippen LogP contribution >= 0.6 is 0 Å². The minimum Gasteiger partial charge on any atom is -0.279 e. The molecule has 0 saturated carbocycles. The number of nitrogens with one attached hydrogen (secondary N) is 1. The third kappa shape index (κ3) is 2.82. The van der Waals surface area contributed by atoms with Crippen LogP contribution in [0.5, 0.6) is 0 Å². The van der Waals surface area contributed by atoms with E-state index >= 15 is 0 Å². The lowest BCUT2D eigenvalue weighted by Gasteiger charge is -1.92. The first kappa shape index (κ1) is 7.75. The Kier molecular flexibility index (Phi) is 3.15. The Morgan fingerprint density at radius 2 is 2.09 bits per heavy atom. The van der Waals surface area contributed by atoms with E-state index in [-0.39, 0.29) is 0 Å². The zero-order valence-corrected chi connectivity index (χ0v) is 6.32. The first-order chi connectivity index (χ1) is 5.43. The highest BCUT2D eigenvalue weighted by Gasteiger charge is 1.80. The summed E-state index contributed by atoms with van der Waals surface area (Å²) in [6.45, 7) is 0. The molecule has 0 spiro atoms. The van der Waals surface area contributed by atoms with Gasteiger partial charge in [-0.3, -0.25) is 10.3 Å². The molecule has 0 unspecified atom stereocenters. The van der Waals surface area contributed by atoms with Crippen LogP contribution in [-0.2, 0) is 4.84 Å². The van der Waals surface area contributed by atoms with E-state index in [2.05, 4.69) is 15.3 Å². The van der Waals surface area contributed by atoms with Gasteiger partial charge in [-0.05, 0) is 12.1 Å². The molecular weight excluding hydrogens is 140 g/mol. The van der Waals surface area contributed by atoms with Gasteiger partial charge >= 0.3 is 0 Å². The lowest BCUT2D eigenvalue weighted by atomic mass is 10.3. The quantitative estimate of drug-likeness (QED) is 0.402. The topological polar surface area (TPSA) is 33.6 Å². The second-order valence-corrected chi connectivity index (χ2v) is 1.92. The van der Waals surface area contributed by atoms with Crippen LogP contribution in [0.4, 0.5) is 5.69 Å². The summed E-state index contributed by atoms with van der Waals surface area (Å²) in [6, 6.07) is 9.63. The van der Waals surface area contributed by atoms with Gasteiger partial charge in [-0.25, -0.2) is 4.99 Å². The van der Waals surface area contributed by atoms with E-state index in [1.165, 1.54) is 13.4 Å². The zero-order chi connectivity index (χ0) is 7.94. The van der Waals surface area contributed by atoms with Gasteiger partial charge in [-0.15, -0.1) is 0 Å². The van der Waals surface area contributed by atoms with E-state index in [1.54, 1.807) is 0 Å². The minimum atomic E-state index is 0.900. The van der Waals surface area contributed by atoms with Crippen molar-refractivity contribution in [1.29, 1.82) is 0 Å². The van der Waals surface area contributed by atoms with Crippen molar-refractivity contribution in [3.8, 4) is 0 Å². The van der Waals surface area contributed by atoms with Crippen LogP contribution in [0.25, 0.3) is 0 Å². The zero-order valence-electron chi connectivity index (χ0n) is 6.32. The molecule has 0 amide bonds. The van der Waals surface area contributed by atoms with Crippen molar-refractivity contribution in [2.24, 2.45) is 4.99 Å². The van der Waals surface area contributed by atoms with Gasteiger partial charge < -0.3 is 0 Å². The number of benzene rings is 1. The molecule has 58 valence electrons. The molecule has 0 aliphatic carbocycles. The van der Waals surface area contributed by atoms with Gasteiger partial charge in [0.15, 0.2) is 0 Å². The summed E-state index contributed by atoms with van der Waals surface area (Å²) in [5, 5.41) is 0. The third-order valence-electron chi connectivity index (χ3n) is 1.14. The molecule has 1 N–H and O–H groups in total. The number of aliphatic imine (C=N–C) groups is 1. The van der Waals surface area contributed by atoms with Crippen LogP contribution in [0.15, 0.2) is 35.3 Å². The molecule has 11 heavy (non-hydrogen) atoms. The van der Waals surface area contributed by atoms with E-state index < -0.39 is 0 Å². The molecule has 0 bridgehead atoms. The molecule has 0 heterocycles. The normalized spacial score (nSPS) is 10.3. The van der Waals surface area contributed by atoms with E-state index in [4.69, 9.17) is 0 Å². The Morgan fingerprint density at radius 1 is 1.36 bits per heavy atom. The van der Waals surface area contributed by atoms with Crippen LogP contribution < -0.4 is 5.48 Å². The number of para-hydroxylation sites is 1. The second-order valence-electron chi connectivity index (χ2n) is 1.92. The number of nitrogens with zero attached hydrogens (tertiary/aromatic N) is 1. The molecule has 0 atom stereocenters. The standard InChI is InChI=1S/C8H10N2O/c1-11-10-7-9-8-5-3-2-4-6-8/h2-7H,1H3,(H,9,10). The highest BCUT2D eigenvalue weighted by molar-refractivity contribution is 5.59. The van der Waals surface area contributed by atoms with E-state index in [9.17, 15) is 0 Å². The highest BCUT2D eigenvalue weighted by Crippen LogP contribution is 2.07. The van der Waals surface area contributed by atoms with Gasteiger partial charge in [0.1, 0.15) is 6.34 Å². The predicted molar refractivity (Wildman–Crippen MR) is 44.7 cm³/mol. The maximum absolute atomic E-state index is 4.56. The number of hydrogen-bond donors (Lipinski definition) is 1. The Morgan fingerprint density at radius 3 is 2.73 bits per heavy atom. The van der Waals surface area contributed by atoms with Crippen LogP contribution in [0.1, 0.15) is 0 Å². The molecule has 0 saturated heterocycles. The Labute approximate surface area is 65.7 Å². The van der Waals surface area contributed by atoms with Crippen molar-refractivity contribution >= 4 is 12.0 Å². The summed E-state index contributed by atoms with van der Waals surface area (Å²) in [6.07, 6.45) is 1.50. The molecule has 1 rings (SSSR count). The van der Waals surface area contributed by atoms with E-state index in [1.807, 2.05) is 30.3 Å². The highest BCUT2D eigenvalue weighted by atomic mass is 16.6. The van der Waals surface area contributed by atoms with E-state index in [0.717, 1.165) is 5.69 Å². The van der Waals surface area contributed by atoms with Crippen molar-refractivity contribution in [2.75, 3.05) is 7.11 Å². The van der Waals surface area contributed by atoms with Crippen LogP contribution in [-0.4, -0.2) is 13.4 Å². The maximum Gasteiger partial charge on any atom is 0.113 e. The van der Waals surface area contributed by atoms with Gasteiger partial charge in [0.05, 0.1) is 12.8 Å².